The number of hydrogen-bond acceptors (Lipinski definition) is 3. The SMILES string of the molecule is COc1ccccc1C(=O)NC(C)c1ccccc1OC(F)F. The Morgan fingerprint density at radius 2 is 1.65 bits per heavy atom. The van der Waals surface area contributed by atoms with Gasteiger partial charge in [0.1, 0.15) is 11.5 Å². The quantitative estimate of drug-likeness (QED) is 0.880. The van der Waals surface area contributed by atoms with Gasteiger partial charge in [0.25, 0.3) is 5.91 Å². The molecule has 1 unspecified atom stereocenters. The molecule has 0 aliphatic carbocycles. The van der Waals surface area contributed by atoms with E-state index in [1.165, 1.54) is 13.2 Å². The van der Waals surface area contributed by atoms with Crippen LogP contribution >= 0.6 is 0 Å². The summed E-state index contributed by atoms with van der Waals surface area (Å²) in [6, 6.07) is 12.6. The maximum atomic E-state index is 12.5. The fourth-order valence-electron chi connectivity index (χ4n) is 2.23. The zero-order chi connectivity index (χ0) is 16.8. The molecule has 4 nitrogen and oxygen atoms in total. The predicted octanol–water partition coefficient (Wildman–Crippen LogP) is 3.79. The van der Waals surface area contributed by atoms with Gasteiger partial charge in [-0.2, -0.15) is 8.78 Å². The monoisotopic (exact) mass is 321 g/mol. The van der Waals surface area contributed by atoms with Crippen LogP contribution in [0.5, 0.6) is 11.5 Å². The summed E-state index contributed by atoms with van der Waals surface area (Å²) in [4.78, 5) is 12.4. The summed E-state index contributed by atoms with van der Waals surface area (Å²) in [6.07, 6.45) is 0. The van der Waals surface area contributed by atoms with E-state index in [1.807, 2.05) is 0 Å². The van der Waals surface area contributed by atoms with Crippen LogP contribution in [0.1, 0.15) is 28.9 Å². The molecule has 2 rings (SSSR count). The molecule has 1 amide bonds. The highest BCUT2D eigenvalue weighted by molar-refractivity contribution is 5.97. The highest BCUT2D eigenvalue weighted by Crippen LogP contribution is 2.27. The number of carbonyl (C=O) groups excluding carboxylic acids is 1. The lowest BCUT2D eigenvalue weighted by Crippen LogP contribution is -2.27. The molecule has 23 heavy (non-hydrogen) atoms. The summed E-state index contributed by atoms with van der Waals surface area (Å²) >= 11 is 0. The molecule has 6 heteroatoms. The van der Waals surface area contributed by atoms with Crippen molar-refractivity contribution in [3.63, 3.8) is 0 Å². The van der Waals surface area contributed by atoms with Crippen LogP contribution in [0, 0.1) is 0 Å². The third kappa shape index (κ3) is 4.18. The van der Waals surface area contributed by atoms with E-state index in [1.54, 1.807) is 49.4 Å². The number of ether oxygens (including phenoxy) is 2. The summed E-state index contributed by atoms with van der Waals surface area (Å²) < 4.78 is 34.6. The Hall–Kier alpha value is -2.63. The van der Waals surface area contributed by atoms with Gasteiger partial charge in [-0.3, -0.25) is 4.79 Å². The van der Waals surface area contributed by atoms with Gasteiger partial charge in [0, 0.05) is 5.56 Å². The minimum atomic E-state index is -2.92. The molecule has 1 atom stereocenters. The second kappa shape index (κ2) is 7.58. The average Bonchev–Trinajstić information content (AvgIpc) is 2.54. The molecular weight excluding hydrogens is 304 g/mol. The molecule has 0 aliphatic rings. The first kappa shape index (κ1) is 16.7. The number of halogens is 2. The van der Waals surface area contributed by atoms with E-state index in [0.29, 0.717) is 16.9 Å². The normalized spacial score (nSPS) is 11.9. The minimum absolute atomic E-state index is 0.0373. The summed E-state index contributed by atoms with van der Waals surface area (Å²) in [6.45, 7) is -1.23. The smallest absolute Gasteiger partial charge is 0.387 e. The van der Waals surface area contributed by atoms with Gasteiger partial charge < -0.3 is 14.8 Å². The number of para-hydroxylation sites is 2. The van der Waals surface area contributed by atoms with Crippen LogP contribution < -0.4 is 14.8 Å². The number of benzene rings is 2. The van der Waals surface area contributed by atoms with E-state index < -0.39 is 12.7 Å². The van der Waals surface area contributed by atoms with Crippen molar-refractivity contribution in [3.05, 3.63) is 59.7 Å². The Balaban J connectivity index is 2.19. The number of hydrogen-bond donors (Lipinski definition) is 1. The molecule has 0 radical (unpaired) electrons. The van der Waals surface area contributed by atoms with Crippen LogP contribution in [0.25, 0.3) is 0 Å². The van der Waals surface area contributed by atoms with Crippen LogP contribution in [0.4, 0.5) is 8.78 Å². The standard InChI is InChI=1S/C17H17F2NO3/c1-11(12-7-3-6-10-15(12)23-17(18)19)20-16(21)13-8-4-5-9-14(13)22-2/h3-11,17H,1-2H3,(H,20,21). The zero-order valence-corrected chi connectivity index (χ0v) is 12.8. The van der Waals surface area contributed by atoms with Crippen molar-refractivity contribution in [2.75, 3.05) is 7.11 Å². The number of methoxy groups -OCH3 is 1. The first-order chi connectivity index (χ1) is 11.0. The highest BCUT2D eigenvalue weighted by Gasteiger charge is 2.18. The number of alkyl halides is 2. The van der Waals surface area contributed by atoms with E-state index in [0.717, 1.165) is 0 Å². The molecule has 0 spiro atoms. The maximum absolute atomic E-state index is 12.5. The van der Waals surface area contributed by atoms with E-state index in [-0.39, 0.29) is 11.7 Å². The van der Waals surface area contributed by atoms with Crippen molar-refractivity contribution in [3.8, 4) is 11.5 Å². The lowest BCUT2D eigenvalue weighted by molar-refractivity contribution is -0.0506. The Kier molecular flexibility index (Phi) is 5.51. The van der Waals surface area contributed by atoms with Crippen LogP contribution in [0.15, 0.2) is 48.5 Å². The number of carbonyl (C=O) groups is 1. The first-order valence-corrected chi connectivity index (χ1v) is 7.00. The lowest BCUT2D eigenvalue weighted by Gasteiger charge is -2.18. The third-order valence-corrected chi connectivity index (χ3v) is 3.30. The van der Waals surface area contributed by atoms with Crippen molar-refractivity contribution in [1.82, 2.24) is 5.32 Å². The van der Waals surface area contributed by atoms with Gasteiger partial charge in [-0.1, -0.05) is 30.3 Å². The largest absolute Gasteiger partial charge is 0.496 e. The first-order valence-electron chi connectivity index (χ1n) is 7.00. The summed E-state index contributed by atoms with van der Waals surface area (Å²) in [5, 5.41) is 2.76. The van der Waals surface area contributed by atoms with E-state index in [9.17, 15) is 13.6 Å². The molecule has 2 aromatic rings. The Labute approximate surface area is 133 Å². The Morgan fingerprint density at radius 3 is 2.30 bits per heavy atom. The second-order valence-electron chi connectivity index (χ2n) is 4.81. The van der Waals surface area contributed by atoms with Gasteiger partial charge in [0.15, 0.2) is 0 Å². The maximum Gasteiger partial charge on any atom is 0.387 e. The third-order valence-electron chi connectivity index (χ3n) is 3.30. The van der Waals surface area contributed by atoms with Gasteiger partial charge in [-0.05, 0) is 25.1 Å². The highest BCUT2D eigenvalue weighted by atomic mass is 19.3. The second-order valence-corrected chi connectivity index (χ2v) is 4.81. The van der Waals surface area contributed by atoms with Gasteiger partial charge in [-0.25, -0.2) is 0 Å². The summed E-state index contributed by atoms with van der Waals surface area (Å²) in [7, 11) is 1.47. The molecule has 1 N–H and O–H groups in total. The molecule has 0 aliphatic heterocycles. The van der Waals surface area contributed by atoms with Crippen molar-refractivity contribution in [2.24, 2.45) is 0 Å². The van der Waals surface area contributed by atoms with Crippen LogP contribution in [0.2, 0.25) is 0 Å². The molecule has 122 valence electrons. The van der Waals surface area contributed by atoms with Crippen molar-refractivity contribution in [2.45, 2.75) is 19.6 Å². The molecule has 0 bridgehead atoms. The number of amides is 1. The fraction of sp³-hybridized carbons (Fsp3) is 0.235. The molecule has 0 saturated carbocycles. The van der Waals surface area contributed by atoms with Gasteiger partial charge in [0.2, 0.25) is 0 Å². The van der Waals surface area contributed by atoms with Crippen molar-refractivity contribution >= 4 is 5.91 Å². The fourth-order valence-corrected chi connectivity index (χ4v) is 2.23. The van der Waals surface area contributed by atoms with Crippen molar-refractivity contribution in [1.29, 1.82) is 0 Å². The predicted molar refractivity (Wildman–Crippen MR) is 81.9 cm³/mol. The molecule has 0 heterocycles. The van der Waals surface area contributed by atoms with E-state index in [4.69, 9.17) is 4.74 Å². The van der Waals surface area contributed by atoms with E-state index >= 15 is 0 Å². The van der Waals surface area contributed by atoms with Crippen LogP contribution in [-0.4, -0.2) is 19.6 Å². The molecular formula is C17H17F2NO3. The number of nitrogens with one attached hydrogen (secondary N) is 1. The average molecular weight is 321 g/mol. The van der Waals surface area contributed by atoms with Gasteiger partial charge >= 0.3 is 6.61 Å². The van der Waals surface area contributed by atoms with Crippen molar-refractivity contribution < 1.29 is 23.0 Å². The number of rotatable bonds is 6. The summed E-state index contributed by atoms with van der Waals surface area (Å²) in [5.41, 5.74) is 0.838. The summed E-state index contributed by atoms with van der Waals surface area (Å²) in [5.74, 6) is 0.117. The van der Waals surface area contributed by atoms with Gasteiger partial charge in [0.05, 0.1) is 18.7 Å². The minimum Gasteiger partial charge on any atom is -0.496 e. The molecule has 2 aromatic carbocycles. The van der Waals surface area contributed by atoms with Crippen LogP contribution in [-0.2, 0) is 0 Å². The molecule has 0 aromatic heterocycles. The lowest BCUT2D eigenvalue weighted by atomic mass is 10.1. The molecule has 0 fully saturated rings. The van der Waals surface area contributed by atoms with E-state index in [2.05, 4.69) is 10.1 Å². The topological polar surface area (TPSA) is 47.6 Å². The molecule has 0 saturated heterocycles. The Morgan fingerprint density at radius 1 is 1.04 bits per heavy atom. The zero-order valence-electron chi connectivity index (χ0n) is 12.8. The van der Waals surface area contributed by atoms with Gasteiger partial charge in [-0.15, -0.1) is 0 Å². The van der Waals surface area contributed by atoms with Crippen LogP contribution in [0.3, 0.4) is 0 Å². The Bertz CT molecular complexity index is 676.